The van der Waals surface area contributed by atoms with Gasteiger partial charge in [-0.1, -0.05) is 13.5 Å². The largest absolute Gasteiger partial charge is 0.491 e. The molecular formula is C27H32N4O5. The van der Waals surface area contributed by atoms with Crippen molar-refractivity contribution in [3.8, 4) is 5.75 Å². The molecule has 4 heterocycles. The summed E-state index contributed by atoms with van der Waals surface area (Å²) in [4.78, 5) is 45.3. The van der Waals surface area contributed by atoms with E-state index in [9.17, 15) is 14.4 Å². The Balaban J connectivity index is 1.26. The Hall–Kier alpha value is -3.62. The van der Waals surface area contributed by atoms with E-state index in [2.05, 4.69) is 16.9 Å². The number of rotatable bonds is 6. The molecule has 1 unspecified atom stereocenters. The summed E-state index contributed by atoms with van der Waals surface area (Å²) in [7, 11) is 0. The number of likely N-dealkylation sites (tertiary alicyclic amines) is 1. The second kappa shape index (κ2) is 9.79. The molecule has 2 atom stereocenters. The summed E-state index contributed by atoms with van der Waals surface area (Å²) in [5, 5.41) is 2.43. The summed E-state index contributed by atoms with van der Waals surface area (Å²) in [5.74, 6) is 0.988. The molecule has 0 bridgehead atoms. The van der Waals surface area contributed by atoms with Gasteiger partial charge in [0.25, 0.3) is 5.91 Å². The quantitative estimate of drug-likeness (QED) is 0.618. The van der Waals surface area contributed by atoms with Crippen molar-refractivity contribution in [1.82, 2.24) is 20.1 Å². The molecule has 2 aromatic rings. The van der Waals surface area contributed by atoms with E-state index in [1.54, 1.807) is 0 Å². The van der Waals surface area contributed by atoms with Crippen molar-refractivity contribution in [2.75, 3.05) is 13.2 Å². The average molecular weight is 493 g/mol. The molecule has 1 aromatic heterocycles. The van der Waals surface area contributed by atoms with Crippen molar-refractivity contribution in [1.29, 1.82) is 0 Å². The molecule has 2 fully saturated rings. The van der Waals surface area contributed by atoms with Crippen LogP contribution in [0.4, 0.5) is 0 Å². The number of hydrogen-bond donors (Lipinski definition) is 1. The number of ether oxygens (including phenoxy) is 1. The highest BCUT2D eigenvalue weighted by molar-refractivity contribution is 6.01. The molecule has 190 valence electrons. The number of benzene rings is 1. The van der Waals surface area contributed by atoms with Crippen LogP contribution < -0.4 is 10.1 Å². The van der Waals surface area contributed by atoms with Gasteiger partial charge in [-0.15, -0.1) is 0 Å². The van der Waals surface area contributed by atoms with E-state index in [-0.39, 0.29) is 23.8 Å². The fourth-order valence-corrected chi connectivity index (χ4v) is 5.35. The number of piperidine rings is 2. The third kappa shape index (κ3) is 4.50. The van der Waals surface area contributed by atoms with Gasteiger partial charge in [0.15, 0.2) is 5.89 Å². The molecular weight excluding hydrogens is 460 g/mol. The van der Waals surface area contributed by atoms with Gasteiger partial charge in [-0.25, -0.2) is 4.98 Å². The standard InChI is InChI=1S/C27H32N4O5/c1-4-24-28-16(2)25(36-24)27(34)30-12-6-5-7-19(30)15-35-20-8-9-21-17(3)31(14-18(21)13-20)22-10-11-23(32)29-26(22)33/h8-9,13,19,22H,3-7,10-12,14-15H2,1-2H3,(H,29,32,33)/t19-,22?/m0/s1. The maximum Gasteiger partial charge on any atom is 0.291 e. The van der Waals surface area contributed by atoms with Crippen molar-refractivity contribution in [3.05, 3.63) is 53.2 Å². The minimum absolute atomic E-state index is 0.0518. The molecule has 3 aliphatic heterocycles. The molecule has 0 aliphatic carbocycles. The van der Waals surface area contributed by atoms with Crippen LogP contribution in [-0.2, 0) is 22.6 Å². The molecule has 5 rings (SSSR count). The lowest BCUT2D eigenvalue weighted by Crippen LogP contribution is -2.50. The van der Waals surface area contributed by atoms with Gasteiger partial charge in [-0.2, -0.15) is 0 Å². The average Bonchev–Trinajstić information content (AvgIpc) is 3.41. The number of imide groups is 1. The van der Waals surface area contributed by atoms with Crippen molar-refractivity contribution in [2.45, 2.75) is 71.0 Å². The Morgan fingerprint density at radius 1 is 1.28 bits per heavy atom. The second-order valence-electron chi connectivity index (χ2n) is 9.70. The first-order valence-electron chi connectivity index (χ1n) is 12.7. The summed E-state index contributed by atoms with van der Waals surface area (Å²) in [6, 6.07) is 5.40. The molecule has 3 amide bonds. The van der Waals surface area contributed by atoms with Gasteiger partial charge in [0, 0.05) is 37.2 Å². The van der Waals surface area contributed by atoms with Gasteiger partial charge >= 0.3 is 0 Å². The number of aryl methyl sites for hydroxylation is 2. The van der Waals surface area contributed by atoms with E-state index in [0.29, 0.717) is 62.1 Å². The van der Waals surface area contributed by atoms with Crippen molar-refractivity contribution >= 4 is 23.4 Å². The number of carbonyl (C=O) groups is 3. The molecule has 36 heavy (non-hydrogen) atoms. The van der Waals surface area contributed by atoms with Crippen LogP contribution in [0.25, 0.3) is 5.70 Å². The van der Waals surface area contributed by atoms with Crippen LogP contribution in [0.1, 0.15) is 72.3 Å². The monoisotopic (exact) mass is 492 g/mol. The van der Waals surface area contributed by atoms with Crippen LogP contribution in [0.3, 0.4) is 0 Å². The van der Waals surface area contributed by atoms with Crippen LogP contribution in [0, 0.1) is 6.92 Å². The number of oxazole rings is 1. The lowest BCUT2D eigenvalue weighted by molar-refractivity contribution is -0.136. The summed E-state index contributed by atoms with van der Waals surface area (Å²) in [6.07, 6.45) is 4.31. The summed E-state index contributed by atoms with van der Waals surface area (Å²) < 4.78 is 11.9. The first-order chi connectivity index (χ1) is 17.4. The highest BCUT2D eigenvalue weighted by Gasteiger charge is 2.36. The second-order valence-corrected chi connectivity index (χ2v) is 9.70. The minimum atomic E-state index is -0.401. The van der Waals surface area contributed by atoms with Gasteiger partial charge in [-0.05, 0) is 56.4 Å². The Morgan fingerprint density at radius 2 is 2.11 bits per heavy atom. The van der Waals surface area contributed by atoms with Crippen LogP contribution in [0.15, 0.2) is 29.2 Å². The van der Waals surface area contributed by atoms with E-state index in [0.717, 1.165) is 36.1 Å². The minimum Gasteiger partial charge on any atom is -0.491 e. The predicted octanol–water partition coefficient (Wildman–Crippen LogP) is 3.21. The first-order valence-corrected chi connectivity index (χ1v) is 12.7. The SMILES string of the molecule is C=C1c2ccc(OC[C@@H]3CCCCN3C(=O)c3oc(CC)nc3C)cc2CN1C1CCC(=O)NC1=O. The topological polar surface area (TPSA) is 105 Å². The van der Waals surface area contributed by atoms with E-state index in [4.69, 9.17) is 9.15 Å². The number of nitrogens with zero attached hydrogens (tertiary/aromatic N) is 3. The zero-order valence-corrected chi connectivity index (χ0v) is 20.8. The van der Waals surface area contributed by atoms with Gasteiger partial charge in [0.2, 0.25) is 17.6 Å². The number of carbonyl (C=O) groups excluding carboxylic acids is 3. The van der Waals surface area contributed by atoms with Crippen molar-refractivity contribution in [3.63, 3.8) is 0 Å². The zero-order valence-electron chi connectivity index (χ0n) is 20.8. The molecule has 9 heteroatoms. The fourth-order valence-electron chi connectivity index (χ4n) is 5.35. The van der Waals surface area contributed by atoms with Gasteiger partial charge in [0.05, 0.1) is 11.7 Å². The molecule has 1 aromatic carbocycles. The maximum atomic E-state index is 13.3. The lowest BCUT2D eigenvalue weighted by Gasteiger charge is -2.35. The fraction of sp³-hybridized carbons (Fsp3) is 0.481. The molecule has 3 aliphatic rings. The van der Waals surface area contributed by atoms with Crippen LogP contribution >= 0.6 is 0 Å². The van der Waals surface area contributed by atoms with Crippen LogP contribution in [0.2, 0.25) is 0 Å². The van der Waals surface area contributed by atoms with Crippen molar-refractivity contribution in [2.24, 2.45) is 0 Å². The highest BCUT2D eigenvalue weighted by Crippen LogP contribution is 2.37. The Labute approximate surface area is 210 Å². The Kier molecular flexibility index (Phi) is 6.55. The third-order valence-electron chi connectivity index (χ3n) is 7.33. The summed E-state index contributed by atoms with van der Waals surface area (Å²) in [5.41, 5.74) is 3.42. The Morgan fingerprint density at radius 3 is 2.86 bits per heavy atom. The molecule has 2 saturated heterocycles. The third-order valence-corrected chi connectivity index (χ3v) is 7.33. The molecule has 0 radical (unpaired) electrons. The predicted molar refractivity (Wildman–Crippen MR) is 132 cm³/mol. The molecule has 0 saturated carbocycles. The van der Waals surface area contributed by atoms with Crippen molar-refractivity contribution < 1.29 is 23.5 Å². The first kappa shape index (κ1) is 24.1. The summed E-state index contributed by atoms with van der Waals surface area (Å²) in [6.45, 7) is 9.54. The molecule has 0 spiro atoms. The van der Waals surface area contributed by atoms with E-state index < -0.39 is 6.04 Å². The number of nitrogens with one attached hydrogen (secondary N) is 1. The van der Waals surface area contributed by atoms with Gasteiger partial charge in [0.1, 0.15) is 18.4 Å². The van der Waals surface area contributed by atoms with E-state index >= 15 is 0 Å². The van der Waals surface area contributed by atoms with Crippen LogP contribution in [0.5, 0.6) is 5.75 Å². The normalized spacial score (nSPS) is 22.0. The van der Waals surface area contributed by atoms with E-state index in [1.807, 2.05) is 41.8 Å². The van der Waals surface area contributed by atoms with E-state index in [1.165, 1.54) is 0 Å². The number of fused-ring (bicyclic) bond motifs is 1. The Bertz CT molecular complexity index is 1220. The smallest absolute Gasteiger partial charge is 0.291 e. The summed E-state index contributed by atoms with van der Waals surface area (Å²) >= 11 is 0. The maximum absolute atomic E-state index is 13.3. The number of hydrogen-bond acceptors (Lipinski definition) is 7. The molecule has 1 N–H and O–H groups in total. The molecule has 9 nitrogen and oxygen atoms in total. The number of amides is 3. The zero-order chi connectivity index (χ0) is 25.4. The van der Waals surface area contributed by atoms with Gasteiger partial charge < -0.3 is 19.0 Å². The number of aromatic nitrogens is 1. The highest BCUT2D eigenvalue weighted by atomic mass is 16.5. The van der Waals surface area contributed by atoms with Crippen LogP contribution in [-0.4, -0.2) is 57.7 Å². The lowest BCUT2D eigenvalue weighted by atomic mass is 10.0. The van der Waals surface area contributed by atoms with Gasteiger partial charge in [-0.3, -0.25) is 19.7 Å².